The highest BCUT2D eigenvalue weighted by atomic mass is 16.5. The number of rotatable bonds is 6. The second-order valence-corrected chi connectivity index (χ2v) is 3.22. The molecule has 0 heterocycles. The molecule has 0 unspecified atom stereocenters. The standard InChI is InChI=1S/C11H16N2O2/c12-6-3-7-15-8-9-4-1-2-5-10(9)11(13)14/h1-2,4-5H,3,6-8,12H2,(H2,13,14). The number of amides is 1. The molecule has 1 rings (SSSR count). The third-order valence-corrected chi connectivity index (χ3v) is 2.03. The topological polar surface area (TPSA) is 78.3 Å². The van der Waals surface area contributed by atoms with Gasteiger partial charge in [-0.25, -0.2) is 0 Å². The monoisotopic (exact) mass is 208 g/mol. The van der Waals surface area contributed by atoms with Crippen LogP contribution in [0.25, 0.3) is 0 Å². The van der Waals surface area contributed by atoms with Crippen LogP contribution in [-0.2, 0) is 11.3 Å². The van der Waals surface area contributed by atoms with Crippen LogP contribution in [0.1, 0.15) is 22.3 Å². The normalized spacial score (nSPS) is 10.2. The number of carbonyl (C=O) groups is 1. The molecule has 82 valence electrons. The second-order valence-electron chi connectivity index (χ2n) is 3.22. The number of ether oxygens (including phenoxy) is 1. The number of benzene rings is 1. The minimum absolute atomic E-state index is 0.402. The van der Waals surface area contributed by atoms with E-state index < -0.39 is 5.91 Å². The average molecular weight is 208 g/mol. The van der Waals surface area contributed by atoms with Crippen LogP contribution >= 0.6 is 0 Å². The lowest BCUT2D eigenvalue weighted by Crippen LogP contribution is -2.14. The molecule has 0 atom stereocenters. The van der Waals surface area contributed by atoms with E-state index >= 15 is 0 Å². The van der Waals surface area contributed by atoms with Gasteiger partial charge < -0.3 is 16.2 Å². The first-order chi connectivity index (χ1) is 7.25. The molecule has 0 aliphatic carbocycles. The molecule has 0 aromatic heterocycles. The summed E-state index contributed by atoms with van der Waals surface area (Å²) in [6.45, 7) is 1.61. The van der Waals surface area contributed by atoms with Crippen molar-refractivity contribution in [3.05, 3.63) is 35.4 Å². The number of primary amides is 1. The fourth-order valence-electron chi connectivity index (χ4n) is 1.25. The Kier molecular flexibility index (Phi) is 4.80. The van der Waals surface area contributed by atoms with Crippen LogP contribution in [0.4, 0.5) is 0 Å². The van der Waals surface area contributed by atoms with Gasteiger partial charge in [0.05, 0.1) is 6.61 Å². The predicted octanol–water partition coefficient (Wildman–Crippen LogP) is 0.651. The first-order valence-electron chi connectivity index (χ1n) is 4.91. The summed E-state index contributed by atoms with van der Waals surface area (Å²) in [7, 11) is 0. The Morgan fingerprint density at radius 1 is 1.33 bits per heavy atom. The smallest absolute Gasteiger partial charge is 0.249 e. The van der Waals surface area contributed by atoms with Gasteiger partial charge in [0.25, 0.3) is 0 Å². The molecule has 4 nitrogen and oxygen atoms in total. The lowest BCUT2D eigenvalue weighted by Gasteiger charge is -2.06. The molecule has 0 radical (unpaired) electrons. The largest absolute Gasteiger partial charge is 0.377 e. The number of hydrogen-bond donors (Lipinski definition) is 2. The number of hydrogen-bond acceptors (Lipinski definition) is 3. The van der Waals surface area contributed by atoms with Crippen LogP contribution in [0.3, 0.4) is 0 Å². The van der Waals surface area contributed by atoms with Gasteiger partial charge in [-0.2, -0.15) is 0 Å². The predicted molar refractivity (Wildman–Crippen MR) is 58.3 cm³/mol. The zero-order chi connectivity index (χ0) is 11.1. The molecule has 0 saturated carbocycles. The van der Waals surface area contributed by atoms with Gasteiger partial charge in [0.2, 0.25) is 5.91 Å². The van der Waals surface area contributed by atoms with Gasteiger partial charge in [-0.3, -0.25) is 4.79 Å². The highest BCUT2D eigenvalue weighted by Crippen LogP contribution is 2.09. The number of nitrogens with two attached hydrogens (primary N) is 2. The van der Waals surface area contributed by atoms with Gasteiger partial charge in [-0.05, 0) is 24.6 Å². The summed E-state index contributed by atoms with van der Waals surface area (Å²) in [5, 5.41) is 0. The highest BCUT2D eigenvalue weighted by Gasteiger charge is 2.06. The first-order valence-corrected chi connectivity index (χ1v) is 4.91. The van der Waals surface area contributed by atoms with E-state index in [-0.39, 0.29) is 0 Å². The molecular weight excluding hydrogens is 192 g/mol. The van der Waals surface area contributed by atoms with Crippen LogP contribution < -0.4 is 11.5 Å². The second kappa shape index (κ2) is 6.16. The van der Waals surface area contributed by atoms with Crippen molar-refractivity contribution in [2.24, 2.45) is 11.5 Å². The summed E-state index contributed by atoms with van der Waals surface area (Å²) >= 11 is 0. The van der Waals surface area contributed by atoms with Gasteiger partial charge in [0.1, 0.15) is 0 Å². The Labute approximate surface area is 89.2 Å². The summed E-state index contributed by atoms with van der Waals surface area (Å²) in [4.78, 5) is 11.1. The van der Waals surface area contributed by atoms with Crippen LogP contribution in [-0.4, -0.2) is 19.1 Å². The van der Waals surface area contributed by atoms with Crippen molar-refractivity contribution in [3.63, 3.8) is 0 Å². The molecule has 1 amide bonds. The van der Waals surface area contributed by atoms with Crippen LogP contribution in [0, 0.1) is 0 Å². The Balaban J connectivity index is 2.56. The quantitative estimate of drug-likeness (QED) is 0.674. The van der Waals surface area contributed by atoms with Crippen molar-refractivity contribution >= 4 is 5.91 Å². The Hall–Kier alpha value is -1.39. The van der Waals surface area contributed by atoms with E-state index in [9.17, 15) is 4.79 Å². The minimum Gasteiger partial charge on any atom is -0.377 e. The average Bonchev–Trinajstić information content (AvgIpc) is 2.25. The molecule has 4 heteroatoms. The molecule has 0 bridgehead atoms. The summed E-state index contributed by atoms with van der Waals surface area (Å²) in [5.41, 5.74) is 11.9. The fourth-order valence-corrected chi connectivity index (χ4v) is 1.25. The van der Waals surface area contributed by atoms with E-state index in [2.05, 4.69) is 0 Å². The van der Waals surface area contributed by atoms with Crippen LogP contribution in [0.2, 0.25) is 0 Å². The van der Waals surface area contributed by atoms with Gasteiger partial charge in [0, 0.05) is 12.2 Å². The van der Waals surface area contributed by atoms with Gasteiger partial charge >= 0.3 is 0 Å². The highest BCUT2D eigenvalue weighted by molar-refractivity contribution is 5.94. The van der Waals surface area contributed by atoms with Crippen molar-refractivity contribution in [1.82, 2.24) is 0 Å². The lowest BCUT2D eigenvalue weighted by molar-refractivity contribution is 0.0983. The van der Waals surface area contributed by atoms with Crippen molar-refractivity contribution in [1.29, 1.82) is 0 Å². The molecule has 0 saturated heterocycles. The maximum Gasteiger partial charge on any atom is 0.249 e. The summed E-state index contributed by atoms with van der Waals surface area (Å²) in [5.74, 6) is -0.423. The van der Waals surface area contributed by atoms with E-state index in [1.165, 1.54) is 0 Å². The summed E-state index contributed by atoms with van der Waals surface area (Å²) in [6, 6.07) is 7.17. The molecule has 1 aromatic rings. The molecule has 15 heavy (non-hydrogen) atoms. The minimum atomic E-state index is -0.423. The van der Waals surface area contributed by atoms with Crippen molar-refractivity contribution < 1.29 is 9.53 Å². The van der Waals surface area contributed by atoms with Crippen molar-refractivity contribution in [3.8, 4) is 0 Å². The Morgan fingerprint density at radius 3 is 2.73 bits per heavy atom. The molecule has 0 spiro atoms. The van der Waals surface area contributed by atoms with Crippen LogP contribution in [0.15, 0.2) is 24.3 Å². The van der Waals surface area contributed by atoms with Crippen molar-refractivity contribution in [2.75, 3.05) is 13.2 Å². The van der Waals surface area contributed by atoms with Gasteiger partial charge in [-0.1, -0.05) is 18.2 Å². The Bertz CT molecular complexity index is 326. The van der Waals surface area contributed by atoms with E-state index in [1.54, 1.807) is 12.1 Å². The van der Waals surface area contributed by atoms with Gasteiger partial charge in [0.15, 0.2) is 0 Å². The summed E-state index contributed by atoms with van der Waals surface area (Å²) in [6.07, 6.45) is 0.818. The molecule has 0 aliphatic heterocycles. The maximum absolute atomic E-state index is 11.1. The lowest BCUT2D eigenvalue weighted by atomic mass is 10.1. The van der Waals surface area contributed by atoms with Crippen LogP contribution in [0.5, 0.6) is 0 Å². The SMILES string of the molecule is NCCCOCc1ccccc1C(N)=O. The first kappa shape index (κ1) is 11.7. The molecule has 0 aliphatic rings. The Morgan fingerprint density at radius 2 is 2.07 bits per heavy atom. The van der Waals surface area contributed by atoms with E-state index in [0.717, 1.165) is 12.0 Å². The summed E-state index contributed by atoms with van der Waals surface area (Å²) < 4.78 is 5.36. The van der Waals surface area contributed by atoms with E-state index in [4.69, 9.17) is 16.2 Å². The molecule has 0 fully saturated rings. The molecular formula is C11H16N2O2. The van der Waals surface area contributed by atoms with Crippen molar-refractivity contribution in [2.45, 2.75) is 13.0 Å². The number of carbonyl (C=O) groups excluding carboxylic acids is 1. The third-order valence-electron chi connectivity index (χ3n) is 2.03. The zero-order valence-electron chi connectivity index (χ0n) is 8.61. The van der Waals surface area contributed by atoms with E-state index in [0.29, 0.717) is 25.3 Å². The molecule has 4 N–H and O–H groups in total. The molecule has 1 aromatic carbocycles. The van der Waals surface area contributed by atoms with E-state index in [1.807, 2.05) is 12.1 Å². The zero-order valence-corrected chi connectivity index (χ0v) is 8.61. The third kappa shape index (κ3) is 3.69. The van der Waals surface area contributed by atoms with Gasteiger partial charge in [-0.15, -0.1) is 0 Å². The fraction of sp³-hybridized carbons (Fsp3) is 0.364. The maximum atomic E-state index is 11.1.